The van der Waals surface area contributed by atoms with Gasteiger partial charge >= 0.3 is 12.0 Å². The third kappa shape index (κ3) is 5.33. The summed E-state index contributed by atoms with van der Waals surface area (Å²) in [6.45, 7) is 1.92. The van der Waals surface area contributed by atoms with Crippen molar-refractivity contribution in [2.45, 2.75) is 19.4 Å². The minimum atomic E-state index is -0.736. The zero-order valence-electron chi connectivity index (χ0n) is 17.2. The number of H-pyrrole nitrogens is 1. The molecule has 0 spiro atoms. The van der Waals surface area contributed by atoms with E-state index in [1.807, 2.05) is 30.5 Å². The molecule has 0 aliphatic rings. The van der Waals surface area contributed by atoms with Gasteiger partial charge in [0.05, 0.1) is 19.1 Å². The number of carbonyl (C=O) groups is 2. The number of aromatic amines is 1. The van der Waals surface area contributed by atoms with E-state index in [1.165, 1.54) is 23.9 Å². The number of nitrogens with one attached hydrogen (secondary N) is 3. The molecule has 3 rings (SSSR count). The lowest BCUT2D eigenvalue weighted by Crippen LogP contribution is -2.36. The summed E-state index contributed by atoms with van der Waals surface area (Å²) in [5.74, 6) is -0.826. The SMILES string of the molecule is CCOC(=O)C[C@H](NC(=O)Nc1c(O)ccn(C)c1=O)c1cccc(-c2cc[nH]c2)c1. The summed E-state index contributed by atoms with van der Waals surface area (Å²) in [6.07, 6.45) is 4.93. The summed E-state index contributed by atoms with van der Waals surface area (Å²) in [6, 6.07) is 9.16. The lowest BCUT2D eigenvalue weighted by molar-refractivity contribution is -0.143. The first-order chi connectivity index (χ1) is 14.9. The number of nitrogens with zero attached hydrogens (tertiary/aromatic N) is 1. The molecule has 162 valence electrons. The van der Waals surface area contributed by atoms with Gasteiger partial charge in [-0.15, -0.1) is 0 Å². The van der Waals surface area contributed by atoms with Crippen LogP contribution in [0.4, 0.5) is 10.5 Å². The molecule has 1 aromatic carbocycles. The van der Waals surface area contributed by atoms with Crippen molar-refractivity contribution in [2.24, 2.45) is 7.05 Å². The van der Waals surface area contributed by atoms with Crippen LogP contribution < -0.4 is 16.2 Å². The summed E-state index contributed by atoms with van der Waals surface area (Å²) in [4.78, 5) is 40.0. The second-order valence-electron chi connectivity index (χ2n) is 6.88. The molecular formula is C22H24N4O5. The van der Waals surface area contributed by atoms with Crippen molar-refractivity contribution >= 4 is 17.7 Å². The molecule has 9 heteroatoms. The van der Waals surface area contributed by atoms with Crippen LogP contribution in [0.2, 0.25) is 0 Å². The van der Waals surface area contributed by atoms with E-state index in [1.54, 1.807) is 19.2 Å². The van der Waals surface area contributed by atoms with Crippen LogP contribution in [0.25, 0.3) is 11.1 Å². The van der Waals surface area contributed by atoms with Gasteiger partial charge in [-0.1, -0.05) is 18.2 Å². The highest BCUT2D eigenvalue weighted by molar-refractivity contribution is 5.91. The Kier molecular flexibility index (Phi) is 6.76. The van der Waals surface area contributed by atoms with Crippen molar-refractivity contribution in [2.75, 3.05) is 11.9 Å². The Labute approximate surface area is 178 Å². The standard InChI is InChI=1S/C22H24N4O5/c1-3-31-19(28)12-17(15-6-4-5-14(11-15)16-7-9-23-13-16)24-22(30)25-20-18(27)8-10-26(2)21(20)29/h4-11,13,17,23,27H,3,12H2,1-2H3,(H2,24,25,30)/t17-/m0/s1. The first-order valence-corrected chi connectivity index (χ1v) is 9.74. The molecule has 9 nitrogen and oxygen atoms in total. The van der Waals surface area contributed by atoms with Crippen molar-refractivity contribution < 1.29 is 19.4 Å². The number of aromatic nitrogens is 2. The predicted octanol–water partition coefficient (Wildman–Crippen LogP) is 2.90. The van der Waals surface area contributed by atoms with Crippen LogP contribution in [0, 0.1) is 0 Å². The largest absolute Gasteiger partial charge is 0.505 e. The average molecular weight is 424 g/mol. The van der Waals surface area contributed by atoms with E-state index >= 15 is 0 Å². The van der Waals surface area contributed by atoms with Crippen molar-refractivity contribution in [3.05, 3.63) is 70.9 Å². The van der Waals surface area contributed by atoms with Crippen LogP contribution >= 0.6 is 0 Å². The van der Waals surface area contributed by atoms with Crippen LogP contribution in [0.15, 0.2) is 59.8 Å². The second kappa shape index (κ2) is 9.66. The van der Waals surface area contributed by atoms with E-state index in [0.29, 0.717) is 5.56 Å². The Morgan fingerprint density at radius 1 is 1.23 bits per heavy atom. The highest BCUT2D eigenvalue weighted by Gasteiger charge is 2.21. The Morgan fingerprint density at radius 3 is 2.74 bits per heavy atom. The number of benzene rings is 1. The second-order valence-corrected chi connectivity index (χ2v) is 6.88. The first-order valence-electron chi connectivity index (χ1n) is 9.74. The molecule has 0 unspecified atom stereocenters. The van der Waals surface area contributed by atoms with Gasteiger partial charge in [-0.2, -0.15) is 0 Å². The number of hydrogen-bond donors (Lipinski definition) is 4. The van der Waals surface area contributed by atoms with Crippen LogP contribution in [0.1, 0.15) is 24.9 Å². The summed E-state index contributed by atoms with van der Waals surface area (Å²) in [5, 5.41) is 15.0. The number of pyridine rings is 1. The topological polar surface area (TPSA) is 125 Å². The smallest absolute Gasteiger partial charge is 0.319 e. The quantitative estimate of drug-likeness (QED) is 0.434. The van der Waals surface area contributed by atoms with Crippen molar-refractivity contribution in [1.82, 2.24) is 14.9 Å². The van der Waals surface area contributed by atoms with Gasteiger partial charge in [-0.3, -0.25) is 9.59 Å². The van der Waals surface area contributed by atoms with Crippen LogP contribution in [0.5, 0.6) is 5.75 Å². The van der Waals surface area contributed by atoms with E-state index in [2.05, 4.69) is 15.6 Å². The highest BCUT2D eigenvalue weighted by atomic mass is 16.5. The minimum absolute atomic E-state index is 0.101. The van der Waals surface area contributed by atoms with E-state index in [4.69, 9.17) is 4.74 Å². The number of anilines is 1. The van der Waals surface area contributed by atoms with Gasteiger partial charge < -0.3 is 30.0 Å². The Bertz CT molecular complexity index is 1120. The third-order valence-corrected chi connectivity index (χ3v) is 4.69. The fraction of sp³-hybridized carbons (Fsp3) is 0.227. The van der Waals surface area contributed by atoms with Crippen LogP contribution in [-0.2, 0) is 16.6 Å². The Hall–Kier alpha value is -4.01. The molecule has 4 N–H and O–H groups in total. The van der Waals surface area contributed by atoms with Crippen molar-refractivity contribution in [3.63, 3.8) is 0 Å². The molecule has 2 aromatic heterocycles. The van der Waals surface area contributed by atoms with Gasteiger partial charge in [0, 0.05) is 25.6 Å². The van der Waals surface area contributed by atoms with Gasteiger partial charge in [-0.25, -0.2) is 4.79 Å². The van der Waals surface area contributed by atoms with E-state index in [9.17, 15) is 19.5 Å². The molecule has 3 aromatic rings. The maximum absolute atomic E-state index is 12.6. The van der Waals surface area contributed by atoms with E-state index in [0.717, 1.165) is 11.1 Å². The maximum atomic E-state index is 12.6. The van der Waals surface area contributed by atoms with Gasteiger partial charge in [0.1, 0.15) is 5.75 Å². The van der Waals surface area contributed by atoms with Gasteiger partial charge in [-0.05, 0) is 41.8 Å². The predicted molar refractivity (Wildman–Crippen MR) is 116 cm³/mol. The lowest BCUT2D eigenvalue weighted by Gasteiger charge is -2.20. The number of hydrogen-bond acceptors (Lipinski definition) is 5. The zero-order chi connectivity index (χ0) is 22.4. The number of esters is 1. The summed E-state index contributed by atoms with van der Waals surface area (Å²) in [7, 11) is 1.50. The Balaban J connectivity index is 1.85. The minimum Gasteiger partial charge on any atom is -0.505 e. The molecule has 2 heterocycles. The average Bonchev–Trinajstić information content (AvgIpc) is 3.29. The third-order valence-electron chi connectivity index (χ3n) is 4.69. The number of urea groups is 1. The normalized spacial score (nSPS) is 11.5. The number of carbonyl (C=O) groups excluding carboxylic acids is 2. The van der Waals surface area contributed by atoms with Gasteiger partial charge in [0.25, 0.3) is 5.56 Å². The molecule has 0 aliphatic heterocycles. The number of ether oxygens (including phenoxy) is 1. The van der Waals surface area contributed by atoms with Crippen molar-refractivity contribution in [1.29, 1.82) is 0 Å². The molecule has 1 atom stereocenters. The number of aromatic hydroxyl groups is 1. The fourth-order valence-electron chi connectivity index (χ4n) is 3.12. The molecular weight excluding hydrogens is 400 g/mol. The van der Waals surface area contributed by atoms with Crippen LogP contribution in [0.3, 0.4) is 0 Å². The molecule has 0 aliphatic carbocycles. The molecule has 0 radical (unpaired) electrons. The maximum Gasteiger partial charge on any atom is 0.319 e. The number of rotatable bonds is 7. The molecule has 0 bridgehead atoms. The number of aryl methyl sites for hydroxylation is 1. The van der Waals surface area contributed by atoms with Crippen LogP contribution in [-0.4, -0.2) is 33.3 Å². The molecule has 0 saturated heterocycles. The molecule has 2 amide bonds. The highest BCUT2D eigenvalue weighted by Crippen LogP contribution is 2.25. The molecule has 31 heavy (non-hydrogen) atoms. The fourth-order valence-corrected chi connectivity index (χ4v) is 3.12. The molecule has 0 saturated carbocycles. The monoisotopic (exact) mass is 424 g/mol. The van der Waals surface area contributed by atoms with Gasteiger partial charge in [0.15, 0.2) is 5.69 Å². The zero-order valence-corrected chi connectivity index (χ0v) is 17.2. The van der Waals surface area contributed by atoms with Gasteiger partial charge in [0.2, 0.25) is 0 Å². The van der Waals surface area contributed by atoms with E-state index in [-0.39, 0.29) is 24.5 Å². The van der Waals surface area contributed by atoms with Crippen molar-refractivity contribution in [3.8, 4) is 16.9 Å². The summed E-state index contributed by atoms with van der Waals surface area (Å²) < 4.78 is 6.27. The molecule has 0 fully saturated rings. The Morgan fingerprint density at radius 2 is 2.03 bits per heavy atom. The number of amides is 2. The lowest BCUT2D eigenvalue weighted by atomic mass is 9.99. The van der Waals surface area contributed by atoms with E-state index < -0.39 is 23.6 Å². The summed E-state index contributed by atoms with van der Waals surface area (Å²) in [5.41, 5.74) is 1.74. The summed E-state index contributed by atoms with van der Waals surface area (Å²) >= 11 is 0. The first kappa shape index (κ1) is 21.7.